The van der Waals surface area contributed by atoms with Crippen LogP contribution in [0.2, 0.25) is 0 Å². The Bertz CT molecular complexity index is 377. The Hall–Kier alpha value is -0.650. The molecule has 0 amide bonds. The zero-order valence-electron chi connectivity index (χ0n) is 12.2. The predicted molar refractivity (Wildman–Crippen MR) is 79.3 cm³/mol. The molecule has 19 heavy (non-hydrogen) atoms. The lowest BCUT2D eigenvalue weighted by atomic mass is 9.97. The molecular weight excluding hydrogens is 262 g/mol. The van der Waals surface area contributed by atoms with Crippen LogP contribution in [0.4, 0.5) is 0 Å². The Morgan fingerprint density at radius 3 is 2.42 bits per heavy atom. The van der Waals surface area contributed by atoms with Crippen molar-refractivity contribution in [2.24, 2.45) is 11.7 Å². The molecule has 0 unspecified atom stereocenters. The van der Waals surface area contributed by atoms with Crippen LogP contribution in [-0.4, -0.2) is 39.5 Å². The van der Waals surface area contributed by atoms with E-state index in [1.807, 2.05) is 4.68 Å². The van der Waals surface area contributed by atoms with Crippen molar-refractivity contribution in [3.8, 4) is 0 Å². The fraction of sp³-hybridized carbons (Fsp3) is 0.846. The first-order valence-corrected chi connectivity index (χ1v) is 6.83. The Balaban J connectivity index is 0.00000180. The third kappa shape index (κ3) is 4.44. The van der Waals surface area contributed by atoms with Gasteiger partial charge in [0, 0.05) is 6.54 Å². The van der Waals surface area contributed by atoms with E-state index in [1.165, 1.54) is 12.8 Å². The number of hydrogen-bond donors (Lipinski definition) is 1. The van der Waals surface area contributed by atoms with Crippen LogP contribution in [0, 0.1) is 5.92 Å². The zero-order chi connectivity index (χ0) is 13.2. The van der Waals surface area contributed by atoms with Crippen LogP contribution in [-0.2, 0) is 12.1 Å². The van der Waals surface area contributed by atoms with E-state index in [2.05, 4.69) is 42.2 Å². The number of nitrogens with zero attached hydrogens (tertiary/aromatic N) is 4. The first-order chi connectivity index (χ1) is 8.49. The molecule has 0 aromatic carbocycles. The minimum Gasteiger partial charge on any atom is -0.330 e. The fourth-order valence-corrected chi connectivity index (χ4v) is 2.31. The zero-order valence-corrected chi connectivity index (χ0v) is 13.0. The standard InChI is InChI=1S/C13H25N5.ClH/c1-13(2,3)18-10-12(15-16-18)9-17-6-4-11(8-14)5-7-17;/h10-11H,4-9,14H2,1-3H3;1H. The number of hydrogen-bond acceptors (Lipinski definition) is 4. The summed E-state index contributed by atoms with van der Waals surface area (Å²) in [6.45, 7) is 10.4. The molecule has 1 saturated heterocycles. The molecule has 0 radical (unpaired) electrons. The average molecular weight is 288 g/mol. The summed E-state index contributed by atoms with van der Waals surface area (Å²) in [5.41, 5.74) is 6.79. The summed E-state index contributed by atoms with van der Waals surface area (Å²) in [5, 5.41) is 8.47. The Labute approximate surface area is 121 Å². The maximum Gasteiger partial charge on any atom is 0.0967 e. The van der Waals surface area contributed by atoms with E-state index in [0.29, 0.717) is 5.92 Å². The molecule has 1 aliphatic heterocycles. The number of rotatable bonds is 3. The van der Waals surface area contributed by atoms with Crippen molar-refractivity contribution in [3.05, 3.63) is 11.9 Å². The molecule has 0 spiro atoms. The summed E-state index contributed by atoms with van der Waals surface area (Å²) in [6.07, 6.45) is 4.49. The lowest BCUT2D eigenvalue weighted by molar-refractivity contribution is 0.178. The lowest BCUT2D eigenvalue weighted by Crippen LogP contribution is -2.35. The van der Waals surface area contributed by atoms with E-state index in [0.717, 1.165) is 31.9 Å². The first-order valence-electron chi connectivity index (χ1n) is 6.83. The molecule has 0 bridgehead atoms. The van der Waals surface area contributed by atoms with Crippen LogP contribution in [0.15, 0.2) is 6.20 Å². The number of piperidine rings is 1. The highest BCUT2D eigenvalue weighted by molar-refractivity contribution is 5.85. The van der Waals surface area contributed by atoms with Crippen molar-refractivity contribution in [2.75, 3.05) is 19.6 Å². The maximum absolute atomic E-state index is 5.71. The van der Waals surface area contributed by atoms with E-state index in [4.69, 9.17) is 5.73 Å². The molecule has 5 nitrogen and oxygen atoms in total. The van der Waals surface area contributed by atoms with Gasteiger partial charge in [0.25, 0.3) is 0 Å². The SMILES string of the molecule is CC(C)(C)n1cc(CN2CCC(CN)CC2)nn1.Cl. The maximum atomic E-state index is 5.71. The normalized spacial score (nSPS) is 18.3. The van der Waals surface area contributed by atoms with E-state index >= 15 is 0 Å². The number of halogens is 1. The largest absolute Gasteiger partial charge is 0.330 e. The van der Waals surface area contributed by atoms with Gasteiger partial charge in [-0.15, -0.1) is 17.5 Å². The average Bonchev–Trinajstić information content (AvgIpc) is 2.78. The monoisotopic (exact) mass is 287 g/mol. The number of nitrogens with two attached hydrogens (primary N) is 1. The molecular formula is C13H26ClN5. The lowest BCUT2D eigenvalue weighted by Gasteiger charge is -2.30. The molecule has 1 aromatic heterocycles. The van der Waals surface area contributed by atoms with Crippen molar-refractivity contribution < 1.29 is 0 Å². The Morgan fingerprint density at radius 2 is 1.95 bits per heavy atom. The Kier molecular flexibility index (Phi) is 5.77. The fourth-order valence-electron chi connectivity index (χ4n) is 2.31. The van der Waals surface area contributed by atoms with Gasteiger partial charge in [-0.3, -0.25) is 4.90 Å². The van der Waals surface area contributed by atoms with Gasteiger partial charge >= 0.3 is 0 Å². The molecule has 2 rings (SSSR count). The summed E-state index contributed by atoms with van der Waals surface area (Å²) < 4.78 is 1.94. The second-order valence-corrected chi connectivity index (χ2v) is 6.28. The summed E-state index contributed by atoms with van der Waals surface area (Å²) in [5.74, 6) is 0.714. The van der Waals surface area contributed by atoms with Gasteiger partial charge in [-0.2, -0.15) is 0 Å². The quantitative estimate of drug-likeness (QED) is 0.918. The summed E-state index contributed by atoms with van der Waals surface area (Å²) in [7, 11) is 0. The number of likely N-dealkylation sites (tertiary alicyclic amines) is 1. The summed E-state index contributed by atoms with van der Waals surface area (Å²) >= 11 is 0. The van der Waals surface area contributed by atoms with Crippen molar-refractivity contribution in [3.63, 3.8) is 0 Å². The van der Waals surface area contributed by atoms with Gasteiger partial charge in [0.15, 0.2) is 0 Å². The van der Waals surface area contributed by atoms with Gasteiger partial charge in [0.1, 0.15) is 0 Å². The molecule has 0 aliphatic carbocycles. The molecule has 0 saturated carbocycles. The van der Waals surface area contributed by atoms with Crippen LogP contribution in [0.1, 0.15) is 39.3 Å². The van der Waals surface area contributed by atoms with E-state index in [1.54, 1.807) is 0 Å². The van der Waals surface area contributed by atoms with Gasteiger partial charge in [0.05, 0.1) is 17.4 Å². The molecule has 0 atom stereocenters. The molecule has 6 heteroatoms. The highest BCUT2D eigenvalue weighted by Crippen LogP contribution is 2.18. The van der Waals surface area contributed by atoms with Gasteiger partial charge < -0.3 is 5.73 Å². The van der Waals surface area contributed by atoms with Crippen molar-refractivity contribution in [2.45, 2.75) is 45.7 Å². The minimum absolute atomic E-state index is 0. The van der Waals surface area contributed by atoms with Crippen LogP contribution in [0.3, 0.4) is 0 Å². The second kappa shape index (κ2) is 6.68. The molecule has 1 aromatic rings. The van der Waals surface area contributed by atoms with Crippen LogP contribution in [0.5, 0.6) is 0 Å². The molecule has 2 heterocycles. The molecule has 110 valence electrons. The van der Waals surface area contributed by atoms with Gasteiger partial charge in [-0.05, 0) is 59.2 Å². The van der Waals surface area contributed by atoms with E-state index in [9.17, 15) is 0 Å². The number of aromatic nitrogens is 3. The smallest absolute Gasteiger partial charge is 0.0967 e. The highest BCUT2D eigenvalue weighted by atomic mass is 35.5. The van der Waals surface area contributed by atoms with Crippen LogP contribution in [0.25, 0.3) is 0 Å². The van der Waals surface area contributed by atoms with Gasteiger partial charge in [-0.1, -0.05) is 5.21 Å². The molecule has 2 N–H and O–H groups in total. The second-order valence-electron chi connectivity index (χ2n) is 6.28. The summed E-state index contributed by atoms with van der Waals surface area (Å²) in [6, 6.07) is 0. The van der Waals surface area contributed by atoms with Crippen molar-refractivity contribution in [1.82, 2.24) is 19.9 Å². The van der Waals surface area contributed by atoms with E-state index < -0.39 is 0 Å². The van der Waals surface area contributed by atoms with Crippen molar-refractivity contribution in [1.29, 1.82) is 0 Å². The van der Waals surface area contributed by atoms with Crippen molar-refractivity contribution >= 4 is 12.4 Å². The Morgan fingerprint density at radius 1 is 1.32 bits per heavy atom. The van der Waals surface area contributed by atoms with Gasteiger partial charge in [0.2, 0.25) is 0 Å². The van der Waals surface area contributed by atoms with Crippen LogP contribution >= 0.6 is 12.4 Å². The topological polar surface area (TPSA) is 60.0 Å². The van der Waals surface area contributed by atoms with E-state index in [-0.39, 0.29) is 17.9 Å². The summed E-state index contributed by atoms with van der Waals surface area (Å²) in [4.78, 5) is 2.45. The molecule has 1 fully saturated rings. The highest BCUT2D eigenvalue weighted by Gasteiger charge is 2.20. The third-order valence-electron chi connectivity index (χ3n) is 3.65. The first kappa shape index (κ1) is 16.4. The van der Waals surface area contributed by atoms with Crippen LogP contribution < -0.4 is 5.73 Å². The minimum atomic E-state index is 0. The predicted octanol–water partition coefficient (Wildman–Crippen LogP) is 1.63. The van der Waals surface area contributed by atoms with Gasteiger partial charge in [-0.25, -0.2) is 4.68 Å². The third-order valence-corrected chi connectivity index (χ3v) is 3.65. The molecule has 1 aliphatic rings.